The van der Waals surface area contributed by atoms with Gasteiger partial charge in [0.15, 0.2) is 0 Å². The summed E-state index contributed by atoms with van der Waals surface area (Å²) in [6.45, 7) is 1.93. The van der Waals surface area contributed by atoms with E-state index in [-0.39, 0.29) is 5.56 Å². The van der Waals surface area contributed by atoms with E-state index in [2.05, 4.69) is 10.3 Å². The van der Waals surface area contributed by atoms with Crippen LogP contribution in [0.2, 0.25) is 0 Å². The zero-order valence-electron chi connectivity index (χ0n) is 11.4. The first-order valence-electron chi connectivity index (χ1n) is 6.50. The third-order valence-electron chi connectivity index (χ3n) is 3.23. The van der Waals surface area contributed by atoms with E-state index in [1.54, 1.807) is 6.07 Å². The Morgan fingerprint density at radius 2 is 2.00 bits per heavy atom. The molecule has 0 spiro atoms. The van der Waals surface area contributed by atoms with Crippen molar-refractivity contribution >= 4 is 22.3 Å². The van der Waals surface area contributed by atoms with E-state index < -0.39 is 5.82 Å². The Hall–Kier alpha value is -2.93. The molecule has 0 unspecified atom stereocenters. The third kappa shape index (κ3) is 2.54. The molecule has 0 saturated heterocycles. The predicted molar refractivity (Wildman–Crippen MR) is 80.9 cm³/mol. The number of hydrogen-bond acceptors (Lipinski definition) is 3. The summed E-state index contributed by atoms with van der Waals surface area (Å²) in [5.41, 5.74) is 3.18. The van der Waals surface area contributed by atoms with Crippen LogP contribution in [0.15, 0.2) is 48.5 Å². The van der Waals surface area contributed by atoms with Gasteiger partial charge in [-0.1, -0.05) is 18.2 Å². The highest BCUT2D eigenvalue weighted by Gasteiger charge is 2.06. The van der Waals surface area contributed by atoms with Gasteiger partial charge in [-0.25, -0.2) is 4.39 Å². The molecule has 0 radical (unpaired) electrons. The summed E-state index contributed by atoms with van der Waals surface area (Å²) >= 11 is 0. The summed E-state index contributed by atoms with van der Waals surface area (Å²) in [7, 11) is 0. The molecule has 0 bridgehead atoms. The molecule has 21 heavy (non-hydrogen) atoms. The van der Waals surface area contributed by atoms with Crippen LogP contribution in [0.5, 0.6) is 0 Å². The van der Waals surface area contributed by atoms with Crippen LogP contribution >= 0.6 is 0 Å². The molecule has 0 saturated carbocycles. The minimum atomic E-state index is -0.535. The van der Waals surface area contributed by atoms with E-state index in [0.717, 1.165) is 22.3 Å². The fraction of sp³-hybridized carbons (Fsp3) is 0.0588. The summed E-state index contributed by atoms with van der Waals surface area (Å²) in [6, 6.07) is 16.0. The Balaban J connectivity index is 2.04. The minimum Gasteiger partial charge on any atom is -0.354 e. The standard InChI is InChI=1S/C17H12FN3/c1-11-5-6-12-3-2-4-16(17(12)20-11)21-14-8-7-13(10-19)15(18)9-14/h2-9,21H,1H3. The van der Waals surface area contributed by atoms with Crippen LogP contribution in [0.4, 0.5) is 15.8 Å². The lowest BCUT2D eigenvalue weighted by Crippen LogP contribution is -1.95. The van der Waals surface area contributed by atoms with E-state index in [9.17, 15) is 4.39 Å². The number of pyridine rings is 1. The fourth-order valence-electron chi connectivity index (χ4n) is 2.18. The molecule has 0 fully saturated rings. The topological polar surface area (TPSA) is 48.7 Å². The molecule has 0 aliphatic heterocycles. The Bertz CT molecular complexity index is 866. The van der Waals surface area contributed by atoms with Crippen molar-refractivity contribution in [1.29, 1.82) is 5.26 Å². The Labute approximate surface area is 121 Å². The maximum Gasteiger partial charge on any atom is 0.143 e. The lowest BCUT2D eigenvalue weighted by atomic mass is 10.1. The van der Waals surface area contributed by atoms with Crippen molar-refractivity contribution in [2.24, 2.45) is 0 Å². The molecule has 3 nitrogen and oxygen atoms in total. The van der Waals surface area contributed by atoms with Crippen molar-refractivity contribution in [1.82, 2.24) is 4.98 Å². The van der Waals surface area contributed by atoms with Gasteiger partial charge in [0.2, 0.25) is 0 Å². The molecular weight excluding hydrogens is 265 g/mol. The largest absolute Gasteiger partial charge is 0.354 e. The molecule has 3 rings (SSSR count). The number of halogens is 1. The van der Waals surface area contributed by atoms with Crippen LogP contribution in [0.25, 0.3) is 10.9 Å². The molecular formula is C17H12FN3. The van der Waals surface area contributed by atoms with E-state index in [0.29, 0.717) is 5.69 Å². The zero-order chi connectivity index (χ0) is 14.8. The second-order valence-electron chi connectivity index (χ2n) is 4.76. The van der Waals surface area contributed by atoms with Gasteiger partial charge in [-0.05, 0) is 37.3 Å². The SMILES string of the molecule is Cc1ccc2cccc(Nc3ccc(C#N)c(F)c3)c2n1. The van der Waals surface area contributed by atoms with Crippen molar-refractivity contribution in [3.05, 3.63) is 65.6 Å². The summed E-state index contributed by atoms with van der Waals surface area (Å²) in [4.78, 5) is 4.52. The van der Waals surface area contributed by atoms with Gasteiger partial charge in [0.1, 0.15) is 11.9 Å². The second kappa shape index (κ2) is 5.22. The number of nitrogens with one attached hydrogen (secondary N) is 1. The van der Waals surface area contributed by atoms with Gasteiger partial charge in [0.25, 0.3) is 0 Å². The molecule has 4 heteroatoms. The van der Waals surface area contributed by atoms with Crippen LogP contribution in [-0.4, -0.2) is 4.98 Å². The maximum atomic E-state index is 13.7. The smallest absolute Gasteiger partial charge is 0.143 e. The molecule has 1 N–H and O–H groups in total. The minimum absolute atomic E-state index is 0.0347. The van der Waals surface area contributed by atoms with Crippen molar-refractivity contribution in [2.75, 3.05) is 5.32 Å². The van der Waals surface area contributed by atoms with E-state index in [1.165, 1.54) is 12.1 Å². The number of anilines is 2. The Morgan fingerprint density at radius 1 is 1.14 bits per heavy atom. The number of para-hydroxylation sites is 1. The molecule has 3 aromatic rings. The highest BCUT2D eigenvalue weighted by molar-refractivity contribution is 5.92. The van der Waals surface area contributed by atoms with Crippen molar-refractivity contribution < 1.29 is 4.39 Å². The van der Waals surface area contributed by atoms with Crippen molar-refractivity contribution in [3.63, 3.8) is 0 Å². The first-order valence-corrected chi connectivity index (χ1v) is 6.50. The first-order chi connectivity index (χ1) is 10.2. The number of hydrogen-bond donors (Lipinski definition) is 1. The van der Waals surface area contributed by atoms with Gasteiger partial charge < -0.3 is 5.32 Å². The zero-order valence-corrected chi connectivity index (χ0v) is 11.4. The molecule has 0 atom stereocenters. The lowest BCUT2D eigenvalue weighted by Gasteiger charge is -2.10. The third-order valence-corrected chi connectivity index (χ3v) is 3.23. The van der Waals surface area contributed by atoms with E-state index in [4.69, 9.17) is 5.26 Å². The van der Waals surface area contributed by atoms with E-state index >= 15 is 0 Å². The number of benzene rings is 2. The highest BCUT2D eigenvalue weighted by Crippen LogP contribution is 2.26. The first kappa shape index (κ1) is 13.1. The van der Waals surface area contributed by atoms with Gasteiger partial charge in [-0.2, -0.15) is 5.26 Å². The van der Waals surface area contributed by atoms with Gasteiger partial charge >= 0.3 is 0 Å². The number of nitriles is 1. The van der Waals surface area contributed by atoms with Crippen LogP contribution in [-0.2, 0) is 0 Å². The second-order valence-corrected chi connectivity index (χ2v) is 4.76. The highest BCUT2D eigenvalue weighted by atomic mass is 19.1. The summed E-state index contributed by atoms with van der Waals surface area (Å²) in [6.07, 6.45) is 0. The monoisotopic (exact) mass is 277 g/mol. The summed E-state index contributed by atoms with van der Waals surface area (Å²) in [5, 5.41) is 12.9. The molecule has 1 heterocycles. The molecule has 2 aromatic carbocycles. The lowest BCUT2D eigenvalue weighted by molar-refractivity contribution is 0.624. The summed E-state index contributed by atoms with van der Waals surface area (Å²) in [5.74, 6) is -0.535. The van der Waals surface area contributed by atoms with Crippen molar-refractivity contribution in [2.45, 2.75) is 6.92 Å². The number of fused-ring (bicyclic) bond motifs is 1. The van der Waals surface area contributed by atoms with Gasteiger partial charge in [0, 0.05) is 16.8 Å². The number of rotatable bonds is 2. The number of aromatic nitrogens is 1. The Kier molecular flexibility index (Phi) is 3.25. The number of nitrogens with zero attached hydrogens (tertiary/aromatic N) is 2. The van der Waals surface area contributed by atoms with E-state index in [1.807, 2.05) is 43.3 Å². The number of aryl methyl sites for hydroxylation is 1. The van der Waals surface area contributed by atoms with Crippen LogP contribution in [0, 0.1) is 24.1 Å². The average molecular weight is 277 g/mol. The molecule has 0 aliphatic rings. The molecule has 102 valence electrons. The quantitative estimate of drug-likeness (QED) is 0.759. The van der Waals surface area contributed by atoms with Gasteiger partial charge in [-0.3, -0.25) is 4.98 Å². The average Bonchev–Trinajstić information content (AvgIpc) is 2.48. The van der Waals surface area contributed by atoms with Crippen molar-refractivity contribution in [3.8, 4) is 6.07 Å². The predicted octanol–water partition coefficient (Wildman–Crippen LogP) is 4.30. The van der Waals surface area contributed by atoms with Crippen LogP contribution in [0.3, 0.4) is 0 Å². The van der Waals surface area contributed by atoms with Crippen LogP contribution in [0.1, 0.15) is 11.3 Å². The normalized spacial score (nSPS) is 10.3. The maximum absolute atomic E-state index is 13.7. The van der Waals surface area contributed by atoms with Gasteiger partial charge in [-0.15, -0.1) is 0 Å². The Morgan fingerprint density at radius 3 is 2.76 bits per heavy atom. The summed E-state index contributed by atoms with van der Waals surface area (Å²) < 4.78 is 13.7. The fourth-order valence-corrected chi connectivity index (χ4v) is 2.18. The molecule has 1 aromatic heterocycles. The van der Waals surface area contributed by atoms with Gasteiger partial charge in [0.05, 0.1) is 16.8 Å². The molecule has 0 aliphatic carbocycles. The molecule has 0 amide bonds. The van der Waals surface area contributed by atoms with Crippen LogP contribution < -0.4 is 5.32 Å².